The lowest BCUT2D eigenvalue weighted by Gasteiger charge is -2.02. The summed E-state index contributed by atoms with van der Waals surface area (Å²) in [6.45, 7) is 4.06. The number of benzene rings is 2. The Balaban J connectivity index is 1.98. The molecule has 24 heavy (non-hydrogen) atoms. The summed E-state index contributed by atoms with van der Waals surface area (Å²) >= 11 is 12.0. The van der Waals surface area contributed by atoms with Crippen molar-refractivity contribution in [3.63, 3.8) is 0 Å². The highest BCUT2D eigenvalue weighted by atomic mass is 35.5. The van der Waals surface area contributed by atoms with Crippen molar-refractivity contribution in [1.82, 2.24) is 0 Å². The van der Waals surface area contributed by atoms with E-state index in [1.165, 1.54) is 12.2 Å². The van der Waals surface area contributed by atoms with E-state index < -0.39 is 0 Å². The van der Waals surface area contributed by atoms with Crippen LogP contribution < -0.4 is 4.74 Å². The standard InChI is InChI=1S/C20H16Cl2O2/c1-2-14-24-18-12-7-15(8-13-18)6-10-17(23)11-9-16-4-3-5-19(21)20(16)22/h2-13H,1,14H2/b10-6+,11-9+. The van der Waals surface area contributed by atoms with Crippen LogP contribution in [0.3, 0.4) is 0 Å². The second-order valence-electron chi connectivity index (χ2n) is 4.88. The number of halogens is 2. The molecule has 0 saturated heterocycles. The van der Waals surface area contributed by atoms with Gasteiger partial charge in [-0.2, -0.15) is 0 Å². The molecule has 0 aliphatic heterocycles. The fraction of sp³-hybridized carbons (Fsp3) is 0.0500. The van der Waals surface area contributed by atoms with Crippen LogP contribution in [0.25, 0.3) is 12.2 Å². The molecule has 0 spiro atoms. The van der Waals surface area contributed by atoms with E-state index in [-0.39, 0.29) is 5.78 Å². The molecule has 0 bridgehead atoms. The summed E-state index contributed by atoms with van der Waals surface area (Å²) in [5.41, 5.74) is 1.61. The normalized spacial score (nSPS) is 11.1. The Hall–Kier alpha value is -2.29. The highest BCUT2D eigenvalue weighted by Gasteiger charge is 2.01. The van der Waals surface area contributed by atoms with Crippen molar-refractivity contribution >= 4 is 41.1 Å². The summed E-state index contributed by atoms with van der Waals surface area (Å²) in [6, 6.07) is 12.7. The van der Waals surface area contributed by atoms with Crippen LogP contribution in [0.4, 0.5) is 0 Å². The number of allylic oxidation sites excluding steroid dienone is 2. The van der Waals surface area contributed by atoms with E-state index in [9.17, 15) is 4.79 Å². The number of hydrogen-bond acceptors (Lipinski definition) is 2. The van der Waals surface area contributed by atoms with E-state index in [0.717, 1.165) is 11.3 Å². The summed E-state index contributed by atoms with van der Waals surface area (Å²) in [6.07, 6.45) is 8.02. The van der Waals surface area contributed by atoms with Crippen molar-refractivity contribution < 1.29 is 9.53 Å². The fourth-order valence-corrected chi connectivity index (χ4v) is 2.26. The highest BCUT2D eigenvalue weighted by molar-refractivity contribution is 6.42. The zero-order chi connectivity index (χ0) is 17.4. The Morgan fingerprint density at radius 3 is 2.46 bits per heavy atom. The first-order valence-corrected chi connectivity index (χ1v) is 8.03. The topological polar surface area (TPSA) is 26.3 Å². The molecule has 0 aliphatic rings. The Morgan fingerprint density at radius 2 is 1.75 bits per heavy atom. The van der Waals surface area contributed by atoms with Crippen molar-refractivity contribution in [2.24, 2.45) is 0 Å². The monoisotopic (exact) mass is 358 g/mol. The lowest BCUT2D eigenvalue weighted by molar-refractivity contribution is -0.110. The summed E-state index contributed by atoms with van der Waals surface area (Å²) in [7, 11) is 0. The van der Waals surface area contributed by atoms with Gasteiger partial charge in [0.15, 0.2) is 5.78 Å². The molecule has 2 rings (SSSR count). The van der Waals surface area contributed by atoms with Crippen LogP contribution in [0.5, 0.6) is 5.75 Å². The number of carbonyl (C=O) groups is 1. The van der Waals surface area contributed by atoms with Gasteiger partial charge in [-0.25, -0.2) is 0 Å². The van der Waals surface area contributed by atoms with E-state index in [1.807, 2.05) is 24.3 Å². The van der Waals surface area contributed by atoms with Gasteiger partial charge in [0, 0.05) is 0 Å². The minimum Gasteiger partial charge on any atom is -0.490 e. The number of carbonyl (C=O) groups excluding carboxylic acids is 1. The van der Waals surface area contributed by atoms with Crippen LogP contribution >= 0.6 is 23.2 Å². The van der Waals surface area contributed by atoms with Crippen LogP contribution in [-0.4, -0.2) is 12.4 Å². The molecule has 0 heterocycles. The van der Waals surface area contributed by atoms with Gasteiger partial charge in [-0.15, -0.1) is 0 Å². The van der Waals surface area contributed by atoms with Crippen molar-refractivity contribution in [1.29, 1.82) is 0 Å². The number of hydrogen-bond donors (Lipinski definition) is 0. The van der Waals surface area contributed by atoms with Gasteiger partial charge in [0.05, 0.1) is 10.0 Å². The van der Waals surface area contributed by atoms with Crippen LogP contribution in [0.2, 0.25) is 10.0 Å². The van der Waals surface area contributed by atoms with Crippen molar-refractivity contribution in [2.75, 3.05) is 6.61 Å². The molecule has 2 aromatic rings. The van der Waals surface area contributed by atoms with Crippen LogP contribution in [-0.2, 0) is 4.79 Å². The maximum absolute atomic E-state index is 11.9. The van der Waals surface area contributed by atoms with Crippen LogP contribution in [0.1, 0.15) is 11.1 Å². The van der Waals surface area contributed by atoms with Crippen molar-refractivity contribution in [3.05, 3.63) is 88.4 Å². The molecule has 0 radical (unpaired) electrons. The molecule has 0 aliphatic carbocycles. The lowest BCUT2D eigenvalue weighted by atomic mass is 10.1. The second-order valence-corrected chi connectivity index (χ2v) is 5.67. The minimum atomic E-state index is -0.141. The zero-order valence-corrected chi connectivity index (χ0v) is 14.4. The maximum atomic E-state index is 11.9. The molecule has 122 valence electrons. The number of rotatable bonds is 7. The van der Waals surface area contributed by atoms with Gasteiger partial charge < -0.3 is 4.74 Å². The molecule has 0 unspecified atom stereocenters. The van der Waals surface area contributed by atoms with Crippen molar-refractivity contribution in [2.45, 2.75) is 0 Å². The Morgan fingerprint density at radius 1 is 1.04 bits per heavy atom. The third-order valence-electron chi connectivity index (χ3n) is 3.10. The SMILES string of the molecule is C=CCOc1ccc(/C=C/C(=O)/C=C/c2cccc(Cl)c2Cl)cc1. The first kappa shape index (κ1) is 18.1. The van der Waals surface area contributed by atoms with Gasteiger partial charge in [0.1, 0.15) is 12.4 Å². The summed E-state index contributed by atoms with van der Waals surface area (Å²) in [5.74, 6) is 0.617. The van der Waals surface area contributed by atoms with Gasteiger partial charge in [-0.3, -0.25) is 4.79 Å². The average molecular weight is 359 g/mol. The van der Waals surface area contributed by atoms with E-state index in [0.29, 0.717) is 22.2 Å². The van der Waals surface area contributed by atoms with Gasteiger partial charge >= 0.3 is 0 Å². The third-order valence-corrected chi connectivity index (χ3v) is 3.93. The minimum absolute atomic E-state index is 0.141. The predicted octanol–water partition coefficient (Wildman–Crippen LogP) is 5.85. The summed E-state index contributed by atoms with van der Waals surface area (Å²) < 4.78 is 5.40. The van der Waals surface area contributed by atoms with E-state index in [4.69, 9.17) is 27.9 Å². The summed E-state index contributed by atoms with van der Waals surface area (Å²) in [5, 5.41) is 0.892. The Bertz CT molecular complexity index is 775. The quantitative estimate of drug-likeness (QED) is 0.458. The summed E-state index contributed by atoms with van der Waals surface area (Å²) in [4.78, 5) is 11.9. The number of ketones is 1. The molecule has 2 nitrogen and oxygen atoms in total. The molecule has 0 aromatic heterocycles. The van der Waals surface area contributed by atoms with E-state index >= 15 is 0 Å². The second kappa shape index (κ2) is 9.11. The molecule has 0 atom stereocenters. The maximum Gasteiger partial charge on any atom is 0.178 e. The van der Waals surface area contributed by atoms with Crippen LogP contribution in [0.15, 0.2) is 67.3 Å². The fourth-order valence-electron chi connectivity index (χ4n) is 1.89. The van der Waals surface area contributed by atoms with Gasteiger partial charge in [0.2, 0.25) is 0 Å². The lowest BCUT2D eigenvalue weighted by Crippen LogP contribution is -1.92. The largest absolute Gasteiger partial charge is 0.490 e. The predicted molar refractivity (Wildman–Crippen MR) is 102 cm³/mol. The molecule has 0 N–H and O–H groups in total. The Labute approximate surface area is 151 Å². The first-order chi connectivity index (χ1) is 11.6. The number of ether oxygens (including phenoxy) is 1. The highest BCUT2D eigenvalue weighted by Crippen LogP contribution is 2.26. The zero-order valence-electron chi connectivity index (χ0n) is 12.9. The molecule has 0 fully saturated rings. The van der Waals surface area contributed by atoms with Gasteiger partial charge in [-0.1, -0.05) is 66.2 Å². The molecular weight excluding hydrogens is 343 g/mol. The Kier molecular flexibility index (Phi) is 6.86. The van der Waals surface area contributed by atoms with Crippen molar-refractivity contribution in [3.8, 4) is 5.75 Å². The molecule has 4 heteroatoms. The first-order valence-electron chi connectivity index (χ1n) is 7.28. The van der Waals surface area contributed by atoms with Crippen LogP contribution in [0, 0.1) is 0 Å². The van der Waals surface area contributed by atoms with Gasteiger partial charge in [0.25, 0.3) is 0 Å². The smallest absolute Gasteiger partial charge is 0.178 e. The molecule has 2 aromatic carbocycles. The molecule has 0 saturated carbocycles. The van der Waals surface area contributed by atoms with E-state index in [1.54, 1.807) is 36.4 Å². The van der Waals surface area contributed by atoms with Gasteiger partial charge in [-0.05, 0) is 47.6 Å². The third kappa shape index (κ3) is 5.41. The van der Waals surface area contributed by atoms with E-state index in [2.05, 4.69) is 6.58 Å². The molecule has 0 amide bonds. The average Bonchev–Trinajstić information content (AvgIpc) is 2.60. The molecular formula is C20H16Cl2O2.